The minimum atomic E-state index is -0.768. The van der Waals surface area contributed by atoms with Crippen LogP contribution in [0.2, 0.25) is 0 Å². The van der Waals surface area contributed by atoms with Gasteiger partial charge in [0.15, 0.2) is 0 Å². The van der Waals surface area contributed by atoms with Crippen molar-refractivity contribution in [2.24, 2.45) is 0 Å². The molecule has 1 aromatic rings. The maximum Gasteiger partial charge on any atom is 0.0994 e. The van der Waals surface area contributed by atoms with E-state index in [0.29, 0.717) is 12.6 Å². The van der Waals surface area contributed by atoms with Crippen LogP contribution >= 0.6 is 0 Å². The zero-order valence-electron chi connectivity index (χ0n) is 12.1. The van der Waals surface area contributed by atoms with Crippen molar-refractivity contribution in [1.82, 2.24) is 10.2 Å². The molecule has 1 aromatic carbocycles. The summed E-state index contributed by atoms with van der Waals surface area (Å²) < 4.78 is 0. The third kappa shape index (κ3) is 4.03. The van der Waals surface area contributed by atoms with Gasteiger partial charge in [-0.05, 0) is 38.4 Å². The summed E-state index contributed by atoms with van der Waals surface area (Å²) in [5.41, 5.74) is 0.232. The Morgan fingerprint density at radius 3 is 2.79 bits per heavy atom. The zero-order valence-corrected chi connectivity index (χ0v) is 12.1. The van der Waals surface area contributed by atoms with E-state index in [1.165, 1.54) is 12.8 Å². The van der Waals surface area contributed by atoms with E-state index in [1.807, 2.05) is 37.3 Å². The lowest BCUT2D eigenvalue weighted by Crippen LogP contribution is -2.49. The Hall–Kier alpha value is -0.900. The zero-order chi connectivity index (χ0) is 13.7. The minimum absolute atomic E-state index is 0.574. The lowest BCUT2D eigenvalue weighted by Gasteiger charge is -2.37. The van der Waals surface area contributed by atoms with Gasteiger partial charge in [0.25, 0.3) is 0 Å². The first kappa shape index (κ1) is 14.5. The van der Waals surface area contributed by atoms with Gasteiger partial charge in [-0.15, -0.1) is 0 Å². The van der Waals surface area contributed by atoms with Crippen molar-refractivity contribution in [2.75, 3.05) is 26.2 Å². The van der Waals surface area contributed by atoms with E-state index in [4.69, 9.17) is 0 Å². The summed E-state index contributed by atoms with van der Waals surface area (Å²) in [5.74, 6) is 0. The number of β-amino-alcohol motifs (C(OH)–C–C–N with tert-alkyl or cyclic N) is 1. The molecule has 1 fully saturated rings. The first-order valence-corrected chi connectivity index (χ1v) is 7.35. The highest BCUT2D eigenvalue weighted by Gasteiger charge is 2.28. The summed E-state index contributed by atoms with van der Waals surface area (Å²) in [6.07, 6.45) is 2.46. The molecule has 0 aromatic heterocycles. The molecule has 1 heterocycles. The van der Waals surface area contributed by atoms with Crippen molar-refractivity contribution in [1.29, 1.82) is 0 Å². The predicted molar refractivity (Wildman–Crippen MR) is 79.2 cm³/mol. The van der Waals surface area contributed by atoms with Gasteiger partial charge in [-0.25, -0.2) is 0 Å². The molecule has 2 N–H and O–H groups in total. The largest absolute Gasteiger partial charge is 0.384 e. The number of nitrogens with zero attached hydrogens (tertiary/aromatic N) is 1. The number of benzene rings is 1. The second-order valence-electron chi connectivity index (χ2n) is 5.77. The second kappa shape index (κ2) is 6.51. The van der Waals surface area contributed by atoms with Gasteiger partial charge in [0.2, 0.25) is 0 Å². The van der Waals surface area contributed by atoms with Gasteiger partial charge in [-0.2, -0.15) is 0 Å². The molecule has 1 aliphatic rings. The molecule has 19 heavy (non-hydrogen) atoms. The van der Waals surface area contributed by atoms with Crippen LogP contribution in [0.3, 0.4) is 0 Å². The van der Waals surface area contributed by atoms with E-state index < -0.39 is 5.60 Å². The molecule has 0 bridgehead atoms. The van der Waals surface area contributed by atoms with Crippen LogP contribution < -0.4 is 5.32 Å². The van der Waals surface area contributed by atoms with Crippen LogP contribution in [0.5, 0.6) is 0 Å². The number of hydrogen-bond acceptors (Lipinski definition) is 3. The first-order valence-electron chi connectivity index (χ1n) is 7.35. The van der Waals surface area contributed by atoms with Gasteiger partial charge in [0.1, 0.15) is 0 Å². The Balaban J connectivity index is 1.96. The number of likely N-dealkylation sites (tertiary alicyclic amines) is 1. The number of rotatable bonds is 5. The van der Waals surface area contributed by atoms with Crippen molar-refractivity contribution >= 4 is 0 Å². The first-order chi connectivity index (χ1) is 9.12. The van der Waals surface area contributed by atoms with Crippen molar-refractivity contribution in [3.63, 3.8) is 0 Å². The number of hydrogen-bond donors (Lipinski definition) is 2. The smallest absolute Gasteiger partial charge is 0.0994 e. The molecule has 3 heteroatoms. The second-order valence-corrected chi connectivity index (χ2v) is 5.77. The molecular weight excluding hydrogens is 236 g/mol. The van der Waals surface area contributed by atoms with Gasteiger partial charge < -0.3 is 10.4 Å². The number of piperidine rings is 1. The third-order valence-corrected chi connectivity index (χ3v) is 3.93. The monoisotopic (exact) mass is 262 g/mol. The van der Waals surface area contributed by atoms with Gasteiger partial charge in [0.05, 0.1) is 5.60 Å². The SMILES string of the molecule is CCNC1CCCN(CC(C)(O)c2ccccc2)C1. The van der Waals surface area contributed by atoms with E-state index in [2.05, 4.69) is 17.1 Å². The Bertz CT molecular complexity index is 376. The molecule has 0 aliphatic carbocycles. The Kier molecular flexibility index (Phi) is 4.97. The maximum atomic E-state index is 10.7. The van der Waals surface area contributed by atoms with E-state index in [-0.39, 0.29) is 0 Å². The fourth-order valence-corrected chi connectivity index (χ4v) is 2.98. The number of likely N-dealkylation sites (N-methyl/N-ethyl adjacent to an activating group) is 1. The van der Waals surface area contributed by atoms with Crippen molar-refractivity contribution < 1.29 is 5.11 Å². The van der Waals surface area contributed by atoms with E-state index >= 15 is 0 Å². The lowest BCUT2D eigenvalue weighted by atomic mass is 9.94. The molecule has 2 rings (SSSR count). The predicted octanol–water partition coefficient (Wildman–Crippen LogP) is 1.97. The quantitative estimate of drug-likeness (QED) is 0.851. The molecule has 106 valence electrons. The molecule has 1 saturated heterocycles. The Morgan fingerprint density at radius 2 is 2.11 bits per heavy atom. The molecular formula is C16H26N2O. The summed E-state index contributed by atoms with van der Waals surface area (Å²) in [5, 5.41) is 14.2. The van der Waals surface area contributed by atoms with Crippen LogP contribution in [0.4, 0.5) is 0 Å². The normalized spacial score (nSPS) is 24.1. The molecule has 2 atom stereocenters. The Morgan fingerprint density at radius 1 is 1.37 bits per heavy atom. The molecule has 0 saturated carbocycles. The minimum Gasteiger partial charge on any atom is -0.384 e. The molecule has 1 aliphatic heterocycles. The van der Waals surface area contributed by atoms with Gasteiger partial charge in [-0.3, -0.25) is 4.90 Å². The highest BCUT2D eigenvalue weighted by Crippen LogP contribution is 2.23. The van der Waals surface area contributed by atoms with Crippen LogP contribution in [-0.2, 0) is 5.60 Å². The average molecular weight is 262 g/mol. The summed E-state index contributed by atoms with van der Waals surface area (Å²) in [4.78, 5) is 2.38. The standard InChI is InChI=1S/C16H26N2O/c1-3-17-15-10-7-11-18(12-15)13-16(2,19)14-8-5-4-6-9-14/h4-6,8-9,15,17,19H,3,7,10-13H2,1-2H3. The maximum absolute atomic E-state index is 10.7. The van der Waals surface area contributed by atoms with Crippen LogP contribution in [-0.4, -0.2) is 42.2 Å². The summed E-state index contributed by atoms with van der Waals surface area (Å²) in [6.45, 7) is 7.92. The molecule has 0 amide bonds. The molecule has 3 nitrogen and oxygen atoms in total. The average Bonchev–Trinajstić information content (AvgIpc) is 2.40. The summed E-state index contributed by atoms with van der Waals surface area (Å²) in [6, 6.07) is 10.5. The van der Waals surface area contributed by atoms with E-state index in [9.17, 15) is 5.11 Å². The molecule has 0 radical (unpaired) electrons. The number of nitrogens with one attached hydrogen (secondary N) is 1. The van der Waals surface area contributed by atoms with Gasteiger partial charge in [0, 0.05) is 19.1 Å². The van der Waals surface area contributed by atoms with Gasteiger partial charge in [-0.1, -0.05) is 37.3 Å². The summed E-state index contributed by atoms with van der Waals surface area (Å²) in [7, 11) is 0. The number of aliphatic hydroxyl groups is 1. The fourth-order valence-electron chi connectivity index (χ4n) is 2.98. The van der Waals surface area contributed by atoms with Crippen molar-refractivity contribution in [3.05, 3.63) is 35.9 Å². The van der Waals surface area contributed by atoms with Crippen molar-refractivity contribution in [2.45, 2.75) is 38.3 Å². The lowest BCUT2D eigenvalue weighted by molar-refractivity contribution is 0.00659. The van der Waals surface area contributed by atoms with E-state index in [1.54, 1.807) is 0 Å². The Labute approximate surface area is 116 Å². The van der Waals surface area contributed by atoms with Crippen LogP contribution in [0.25, 0.3) is 0 Å². The third-order valence-electron chi connectivity index (χ3n) is 3.93. The molecule has 2 unspecified atom stereocenters. The van der Waals surface area contributed by atoms with E-state index in [0.717, 1.165) is 25.2 Å². The molecule has 0 spiro atoms. The fraction of sp³-hybridized carbons (Fsp3) is 0.625. The summed E-state index contributed by atoms with van der Waals surface area (Å²) >= 11 is 0. The van der Waals surface area contributed by atoms with Crippen LogP contribution in [0.15, 0.2) is 30.3 Å². The van der Waals surface area contributed by atoms with Crippen LogP contribution in [0, 0.1) is 0 Å². The highest BCUT2D eigenvalue weighted by molar-refractivity contribution is 5.21. The van der Waals surface area contributed by atoms with Crippen LogP contribution in [0.1, 0.15) is 32.3 Å². The topological polar surface area (TPSA) is 35.5 Å². The highest BCUT2D eigenvalue weighted by atomic mass is 16.3. The van der Waals surface area contributed by atoms with Crippen molar-refractivity contribution in [3.8, 4) is 0 Å². The van der Waals surface area contributed by atoms with Gasteiger partial charge >= 0.3 is 0 Å².